The van der Waals surface area contributed by atoms with Gasteiger partial charge in [0.25, 0.3) is 0 Å². The number of hydrogen-bond donors (Lipinski definition) is 0. The van der Waals surface area contributed by atoms with Crippen LogP contribution < -0.4 is 4.74 Å². The van der Waals surface area contributed by atoms with Gasteiger partial charge in [0.15, 0.2) is 11.6 Å². The third-order valence-corrected chi connectivity index (χ3v) is 3.99. The van der Waals surface area contributed by atoms with Crippen LogP contribution in [0.1, 0.15) is 47.4 Å². The highest BCUT2D eigenvalue weighted by Gasteiger charge is 2.12. The summed E-state index contributed by atoms with van der Waals surface area (Å²) in [6.45, 7) is 1.80. The number of rotatable bonds is 8. The molecule has 6 heteroatoms. The largest absolute Gasteiger partial charge is 0.427 e. The fraction of sp³-hybridized carbons (Fsp3) is 0.238. The second kappa shape index (κ2) is 8.89. The van der Waals surface area contributed by atoms with Crippen molar-refractivity contribution >= 4 is 11.8 Å². The minimum atomic E-state index is -0.396. The third-order valence-electron chi connectivity index (χ3n) is 3.99. The van der Waals surface area contributed by atoms with Gasteiger partial charge >= 0.3 is 5.97 Å². The van der Waals surface area contributed by atoms with Gasteiger partial charge in [0.1, 0.15) is 5.75 Å². The van der Waals surface area contributed by atoms with E-state index in [1.54, 1.807) is 31.2 Å². The Morgan fingerprint density at radius 1 is 1.04 bits per heavy atom. The van der Waals surface area contributed by atoms with Crippen LogP contribution in [0.2, 0.25) is 0 Å². The van der Waals surface area contributed by atoms with Gasteiger partial charge in [-0.25, -0.2) is 0 Å². The topological polar surface area (TPSA) is 82.3 Å². The molecule has 6 nitrogen and oxygen atoms in total. The maximum Gasteiger partial charge on any atom is 0.311 e. The monoisotopic (exact) mass is 364 g/mol. The number of nitrogens with zero attached hydrogens (tertiary/aromatic N) is 2. The average Bonchev–Trinajstić information content (AvgIpc) is 3.14. The van der Waals surface area contributed by atoms with Crippen molar-refractivity contribution in [3.63, 3.8) is 0 Å². The Bertz CT molecular complexity index is 901. The van der Waals surface area contributed by atoms with Gasteiger partial charge in [-0.2, -0.15) is 4.98 Å². The molecular formula is C21H20N2O4. The molecule has 0 saturated carbocycles. The first-order valence-corrected chi connectivity index (χ1v) is 8.83. The minimum Gasteiger partial charge on any atom is -0.427 e. The van der Waals surface area contributed by atoms with Crippen molar-refractivity contribution in [3.8, 4) is 5.75 Å². The molecule has 0 aliphatic heterocycles. The molecule has 1 aromatic heterocycles. The number of ketones is 1. The van der Waals surface area contributed by atoms with Crippen molar-refractivity contribution in [2.45, 2.75) is 32.6 Å². The normalized spacial score (nSPS) is 10.6. The molecule has 27 heavy (non-hydrogen) atoms. The lowest BCUT2D eigenvalue weighted by molar-refractivity contribution is -0.134. The molecule has 0 amide bonds. The van der Waals surface area contributed by atoms with E-state index in [2.05, 4.69) is 10.1 Å². The highest BCUT2D eigenvalue weighted by molar-refractivity contribution is 5.95. The molecule has 0 atom stereocenters. The third kappa shape index (κ3) is 5.34. The van der Waals surface area contributed by atoms with Crippen LogP contribution in [0.25, 0.3) is 0 Å². The van der Waals surface area contributed by atoms with Crippen molar-refractivity contribution < 1.29 is 18.8 Å². The molecule has 3 rings (SSSR count). The summed E-state index contributed by atoms with van der Waals surface area (Å²) in [4.78, 5) is 27.9. The molecule has 0 aliphatic carbocycles. The SMILES string of the molecule is CCC(=O)c1ccc(OC(=O)CCc2nc(Cc3ccccc3)no2)cc1. The van der Waals surface area contributed by atoms with Crippen LogP contribution in [0.15, 0.2) is 59.1 Å². The van der Waals surface area contributed by atoms with E-state index < -0.39 is 5.97 Å². The number of benzene rings is 2. The molecule has 0 radical (unpaired) electrons. The van der Waals surface area contributed by atoms with Gasteiger partial charge in [-0.05, 0) is 29.8 Å². The highest BCUT2D eigenvalue weighted by atomic mass is 16.5. The number of esters is 1. The van der Waals surface area contributed by atoms with Gasteiger partial charge in [0, 0.05) is 24.8 Å². The lowest BCUT2D eigenvalue weighted by Crippen LogP contribution is -2.09. The van der Waals surface area contributed by atoms with Gasteiger partial charge in [0.05, 0.1) is 6.42 Å². The van der Waals surface area contributed by atoms with Crippen LogP contribution in [0, 0.1) is 0 Å². The fourth-order valence-electron chi connectivity index (χ4n) is 2.55. The quantitative estimate of drug-likeness (QED) is 0.344. The summed E-state index contributed by atoms with van der Waals surface area (Å²) in [5.41, 5.74) is 1.70. The van der Waals surface area contributed by atoms with Gasteiger partial charge in [0.2, 0.25) is 5.89 Å². The summed E-state index contributed by atoms with van der Waals surface area (Å²) in [6.07, 6.45) is 1.46. The maximum atomic E-state index is 12.0. The fourth-order valence-corrected chi connectivity index (χ4v) is 2.55. The van der Waals surface area contributed by atoms with Gasteiger partial charge in [-0.3, -0.25) is 9.59 Å². The van der Waals surface area contributed by atoms with E-state index >= 15 is 0 Å². The molecule has 0 saturated heterocycles. The summed E-state index contributed by atoms with van der Waals surface area (Å²) >= 11 is 0. The summed E-state index contributed by atoms with van der Waals surface area (Å²) in [6, 6.07) is 16.4. The Kier molecular flexibility index (Phi) is 6.10. The van der Waals surface area contributed by atoms with E-state index in [0.29, 0.717) is 42.3 Å². The zero-order valence-corrected chi connectivity index (χ0v) is 15.1. The van der Waals surface area contributed by atoms with E-state index in [9.17, 15) is 9.59 Å². The molecule has 0 aliphatic rings. The van der Waals surface area contributed by atoms with Crippen LogP contribution in [-0.2, 0) is 17.6 Å². The number of carbonyl (C=O) groups excluding carboxylic acids is 2. The predicted molar refractivity (Wildman–Crippen MR) is 98.6 cm³/mol. The molecule has 1 heterocycles. The predicted octanol–water partition coefficient (Wildman–Crippen LogP) is 3.79. The van der Waals surface area contributed by atoms with Gasteiger partial charge in [-0.1, -0.05) is 42.4 Å². The lowest BCUT2D eigenvalue weighted by atomic mass is 10.1. The molecule has 138 valence electrons. The van der Waals surface area contributed by atoms with Crippen molar-refractivity contribution in [2.75, 3.05) is 0 Å². The average molecular weight is 364 g/mol. The van der Waals surface area contributed by atoms with E-state index in [4.69, 9.17) is 9.26 Å². The molecule has 3 aromatic rings. The van der Waals surface area contributed by atoms with Crippen LogP contribution in [0.5, 0.6) is 5.75 Å². The van der Waals surface area contributed by atoms with Gasteiger partial charge < -0.3 is 9.26 Å². The number of aryl methyl sites for hydroxylation is 1. The van der Waals surface area contributed by atoms with Crippen LogP contribution in [0.4, 0.5) is 0 Å². The second-order valence-electron chi connectivity index (χ2n) is 6.04. The van der Waals surface area contributed by atoms with Crippen LogP contribution >= 0.6 is 0 Å². The number of ether oxygens (including phenoxy) is 1. The Hall–Kier alpha value is -3.28. The van der Waals surface area contributed by atoms with Crippen LogP contribution in [-0.4, -0.2) is 21.9 Å². The van der Waals surface area contributed by atoms with E-state index in [-0.39, 0.29) is 12.2 Å². The summed E-state index contributed by atoms with van der Waals surface area (Å²) < 4.78 is 10.5. The van der Waals surface area contributed by atoms with Gasteiger partial charge in [-0.15, -0.1) is 0 Å². The Labute approximate surface area is 157 Å². The Morgan fingerprint density at radius 2 is 1.78 bits per heavy atom. The first kappa shape index (κ1) is 18.5. The van der Waals surface area contributed by atoms with E-state index in [1.807, 2.05) is 30.3 Å². The molecular weight excluding hydrogens is 344 g/mol. The molecule has 0 bridgehead atoms. The lowest BCUT2D eigenvalue weighted by Gasteiger charge is -2.04. The number of carbonyl (C=O) groups is 2. The number of Topliss-reactive ketones (excluding diaryl/α,β-unsaturated/α-hetero) is 1. The molecule has 2 aromatic carbocycles. The number of hydrogen-bond acceptors (Lipinski definition) is 6. The van der Waals surface area contributed by atoms with E-state index in [0.717, 1.165) is 5.56 Å². The summed E-state index contributed by atoms with van der Waals surface area (Å²) in [7, 11) is 0. The number of aromatic nitrogens is 2. The van der Waals surface area contributed by atoms with Crippen molar-refractivity contribution in [1.29, 1.82) is 0 Å². The Morgan fingerprint density at radius 3 is 2.48 bits per heavy atom. The Balaban J connectivity index is 1.48. The van der Waals surface area contributed by atoms with Crippen LogP contribution in [0.3, 0.4) is 0 Å². The van der Waals surface area contributed by atoms with Crippen molar-refractivity contribution in [1.82, 2.24) is 10.1 Å². The zero-order valence-electron chi connectivity index (χ0n) is 15.1. The first-order valence-electron chi connectivity index (χ1n) is 8.83. The standard InChI is InChI=1S/C21H20N2O4/c1-2-18(24)16-8-10-17(11-9-16)26-21(25)13-12-20-22-19(23-27-20)14-15-6-4-3-5-7-15/h3-11H,2,12-14H2,1H3. The van der Waals surface area contributed by atoms with E-state index in [1.165, 1.54) is 0 Å². The smallest absolute Gasteiger partial charge is 0.311 e. The van der Waals surface area contributed by atoms with Crippen molar-refractivity contribution in [2.24, 2.45) is 0 Å². The summed E-state index contributed by atoms with van der Waals surface area (Å²) in [5.74, 6) is 1.05. The van der Waals surface area contributed by atoms with Crippen molar-refractivity contribution in [3.05, 3.63) is 77.4 Å². The highest BCUT2D eigenvalue weighted by Crippen LogP contribution is 2.15. The summed E-state index contributed by atoms with van der Waals surface area (Å²) in [5, 5.41) is 3.94. The minimum absolute atomic E-state index is 0.0515. The first-order chi connectivity index (χ1) is 13.1. The second-order valence-corrected chi connectivity index (χ2v) is 6.04. The molecule has 0 spiro atoms. The molecule has 0 unspecified atom stereocenters. The maximum absolute atomic E-state index is 12.0. The molecule has 0 fully saturated rings. The zero-order chi connectivity index (χ0) is 19.1. The molecule has 0 N–H and O–H groups in total.